The van der Waals surface area contributed by atoms with Crippen LogP contribution >= 0.6 is 102 Å². The zero-order valence-electron chi connectivity index (χ0n) is 86.5. The molecule has 31 nitrogen and oxygen atoms in total. The number of esters is 3. The Kier molecular flexibility index (Phi) is 50.8. The molecule has 4 saturated heterocycles. The summed E-state index contributed by atoms with van der Waals surface area (Å²) in [6.07, 6.45) is 9.14. The Morgan fingerprint density at radius 2 is 0.942 bits per heavy atom. The maximum atomic E-state index is 14.1. The van der Waals surface area contributed by atoms with Crippen LogP contribution in [0.25, 0.3) is 4.65 Å². The van der Waals surface area contributed by atoms with E-state index >= 15 is 0 Å². The third-order valence-corrected chi connectivity index (χ3v) is 36.2. The summed E-state index contributed by atoms with van der Waals surface area (Å²) in [5.74, 6) is -3.89. The molecule has 2 aromatic rings. The van der Waals surface area contributed by atoms with Gasteiger partial charge in [0.05, 0.1) is 62.1 Å². The van der Waals surface area contributed by atoms with Crippen molar-refractivity contribution in [2.45, 2.75) is 324 Å². The number of allylic oxidation sites excluding steroid dienone is 6. The average Bonchev–Trinajstić information content (AvgIpc) is 1.57. The molecule has 17 atom stereocenters. The summed E-state index contributed by atoms with van der Waals surface area (Å²) in [7, 11) is 18.1. The summed E-state index contributed by atoms with van der Waals surface area (Å²) in [6, 6.07) is 4.42. The molecular formula is C95H151Cl4N8O23S5Si2Zn+. The first-order valence-electron chi connectivity index (χ1n) is 45.4. The van der Waals surface area contributed by atoms with Crippen LogP contribution in [-0.2, 0) is 109 Å². The molecule has 4 fully saturated rings. The molecule has 776 valence electrons. The van der Waals surface area contributed by atoms with Gasteiger partial charge in [-0.25, -0.2) is 24.0 Å². The van der Waals surface area contributed by atoms with E-state index < -0.39 is 154 Å². The number of fused-ring (bicyclic) bond motifs is 10. The second-order valence-electron chi connectivity index (χ2n) is 39.7. The molecule has 6 heterocycles. The van der Waals surface area contributed by atoms with Gasteiger partial charge in [-0.1, -0.05) is 197 Å². The van der Waals surface area contributed by atoms with Crippen LogP contribution in [0.4, 0.5) is 21.0 Å². The number of benzene rings is 2. The van der Waals surface area contributed by atoms with E-state index in [-0.39, 0.29) is 105 Å². The molecule has 43 heteroatoms. The van der Waals surface area contributed by atoms with E-state index in [0.29, 0.717) is 67.8 Å². The van der Waals surface area contributed by atoms with Gasteiger partial charge in [-0.2, -0.15) is 12.6 Å². The molecule has 6 aliphatic rings. The number of nitrogens with zero attached hydrogens (tertiary/aromatic N) is 6. The zero-order valence-corrected chi connectivity index (χ0v) is 98.6. The van der Waals surface area contributed by atoms with Crippen molar-refractivity contribution in [1.82, 2.24) is 25.3 Å². The summed E-state index contributed by atoms with van der Waals surface area (Å²) in [6.45, 7) is 41.4. The third kappa shape index (κ3) is 38.2. The molecule has 8 rings (SSSR count). The van der Waals surface area contributed by atoms with Gasteiger partial charge in [-0.05, 0) is 156 Å². The van der Waals surface area contributed by atoms with E-state index in [1.54, 1.807) is 121 Å². The number of amides is 7. The fourth-order valence-corrected chi connectivity index (χ4v) is 29.3. The fraction of sp³-hybridized carbons (Fsp3) is 0.684. The van der Waals surface area contributed by atoms with Gasteiger partial charge >= 0.3 is 49.6 Å². The first kappa shape index (κ1) is 127. The zero-order chi connectivity index (χ0) is 105. The van der Waals surface area contributed by atoms with Gasteiger partial charge in [0.2, 0.25) is 29.5 Å². The molecule has 5 N–H and O–H groups in total. The number of ether oxygens (including phenoxy) is 10. The molecule has 2 aromatic carbocycles. The van der Waals surface area contributed by atoms with Crippen LogP contribution in [-0.4, -0.2) is 291 Å². The molecule has 0 radical (unpaired) electrons. The van der Waals surface area contributed by atoms with Gasteiger partial charge in [0, 0.05) is 108 Å². The third-order valence-electron chi connectivity index (χ3n) is 24.5. The second kappa shape index (κ2) is 55.1. The number of aliphatic hydroxyl groups is 3. The standard InChI is InChI=1S/C38H54ClN3O10S.C28H37ClN2O8.C22H40N2O5S4.C6H18NSi2.CH2Cl2.Zn/c1-21-12-11-13-28(49-10)38(47)20-27(50-35(46)40-38)22(2)33-37(6,52-33)29(51-34(45)23(3)41(7)30(43)14-15-36(4,5)53)19-31(44)42(8)25-17-24(16-21)18-26(48-9)32(25)39;1-15-8-7-9-22(37-6)28(35)14-20(38-26(34)30-28)16(2)25-27(3,39-25)21(32)13-23(33)31(4)18-11-17(10-15)12-19(36-5)24(18)29;1-15(23(7)17(25)11-13-21(3,4)32-30-9)19(27)29-20(28)16(2)24(8)18(26)12-14-22(5,6)33-31-10;1-8(2,3)7-9(4,5)6;2-1-3;/h11-13,17-18,22-23,27-29,33,47,53H,14-16,19-20H2,1-10H3,(H,40,46);7-9,11-12,16,20-22,25,32,35H,10,13-14H2,1-6H3,(H,30,34);15-16H,11-14H2,1-10H3;1-6H3;1H2;/q;;;-1;;+2/b13-11+,21-12+;9-7+,15-8+;;;;/t22?,23-,27?,28?,29?,33?,37?,38?;;15-,16+;;;/m0...../s1. The van der Waals surface area contributed by atoms with Crippen molar-refractivity contribution in [2.24, 2.45) is 11.8 Å². The predicted octanol–water partition coefficient (Wildman–Crippen LogP) is 17.5. The number of alkyl carbamates (subject to hydrolysis) is 2. The van der Waals surface area contributed by atoms with Gasteiger partial charge < -0.3 is 91.8 Å². The number of rotatable bonds is 26. The second-order valence-corrected chi connectivity index (χ2v) is 58.3. The molecule has 14 unspecified atom stereocenters. The minimum atomic E-state index is -1.83. The quantitative estimate of drug-likeness (QED) is 0.00744. The number of carbonyl (C=O) groups excluding carboxylic acids is 10. The minimum absolute atomic E-state index is 0. The number of nitrogens with one attached hydrogen (secondary N) is 2. The first-order valence-corrected chi connectivity index (χ1v) is 59.7. The number of methoxy groups -OCH3 is 4. The van der Waals surface area contributed by atoms with Crippen LogP contribution in [0.1, 0.15) is 179 Å². The van der Waals surface area contributed by atoms with Crippen molar-refractivity contribution >= 4 is 190 Å². The molecule has 7 amide bonds. The summed E-state index contributed by atoms with van der Waals surface area (Å²) in [4.78, 5) is 136. The van der Waals surface area contributed by atoms with E-state index in [2.05, 4.69) is 90.2 Å². The van der Waals surface area contributed by atoms with Crippen molar-refractivity contribution in [3.8, 4) is 11.5 Å². The van der Waals surface area contributed by atoms with Crippen molar-refractivity contribution < 1.29 is 130 Å². The van der Waals surface area contributed by atoms with Crippen molar-refractivity contribution in [3.63, 3.8) is 0 Å². The van der Waals surface area contributed by atoms with Gasteiger partial charge in [0.25, 0.3) is 0 Å². The van der Waals surface area contributed by atoms with Crippen LogP contribution in [0.5, 0.6) is 11.5 Å². The number of halogens is 4. The van der Waals surface area contributed by atoms with Gasteiger partial charge in [-0.15, -0.1) is 23.2 Å². The van der Waals surface area contributed by atoms with Gasteiger partial charge in [-0.3, -0.25) is 34.6 Å². The number of carbonyl (C=O) groups is 10. The summed E-state index contributed by atoms with van der Waals surface area (Å²) in [5.41, 5.74) is -1.40. The maximum absolute atomic E-state index is 14.1. The largest absolute Gasteiger partial charge is 2.00 e. The molecular weight excluding hydrogens is 2040 g/mol. The Morgan fingerprint density at radius 3 is 1.28 bits per heavy atom. The van der Waals surface area contributed by atoms with Crippen molar-refractivity contribution in [3.05, 3.63) is 97.7 Å². The SMILES string of the molecule is COc1cc2cc(c1Cl)N(C)C(=O)CC(O)C1(C)OC1C(C)C1CC(O)(NC(=O)O1)C(OC)/C=C/C=C(\C)C2.COc1cc2cc(c1Cl)N(C)C(=O)CC(OC(=O)[C@H](C)N(C)C(=O)CCC(C)(C)S)C1(C)OC1C(C)C1CC(O)(NC(=O)O1)C(OC)/C=C/C=C(\C)C2.CSSC(C)(C)CCC(=O)N(C)[C@H](C)C(=O)OC(=O)[C@H](C)N(C)C(=O)CCC(C)(C)SSC.C[Si](C)(C)[N-][Si](C)(C)C.ClCCl.[Zn+2]. The Hall–Kier alpha value is -4.85. The van der Waals surface area contributed by atoms with Crippen LogP contribution in [0.3, 0.4) is 0 Å². The number of aliphatic hydroxyl groups excluding tert-OH is 1. The molecule has 0 aliphatic carbocycles. The first-order chi connectivity index (χ1) is 63.2. The van der Waals surface area contributed by atoms with E-state index in [0.717, 1.165) is 22.3 Å². The smallest absolute Gasteiger partial charge is 0.668 e. The Labute approximate surface area is 874 Å². The number of hydrogen-bond acceptors (Lipinski definition) is 28. The summed E-state index contributed by atoms with van der Waals surface area (Å²) >= 11 is 27.4. The number of epoxide rings is 2. The van der Waals surface area contributed by atoms with Crippen LogP contribution in [0.2, 0.25) is 49.3 Å². The summed E-state index contributed by atoms with van der Waals surface area (Å²) in [5, 5.41) is 39.9. The molecule has 138 heavy (non-hydrogen) atoms. The summed E-state index contributed by atoms with van der Waals surface area (Å²) < 4.78 is 61.0. The Bertz CT molecular complexity index is 4550. The Balaban J connectivity index is 0.000000513. The normalized spacial score (nSPS) is 27.1. The van der Waals surface area contributed by atoms with Crippen LogP contribution < -0.4 is 29.9 Å². The molecule has 6 aliphatic heterocycles. The van der Waals surface area contributed by atoms with E-state index in [1.807, 2.05) is 71.4 Å². The average molecular weight is 2200 g/mol. The van der Waals surface area contributed by atoms with E-state index in [9.17, 15) is 63.3 Å². The number of likely N-dealkylation sites (N-methyl/N-ethyl adjacent to an activating group) is 3. The molecule has 0 aromatic heterocycles. The fourth-order valence-electron chi connectivity index (χ4n) is 16.0. The van der Waals surface area contributed by atoms with E-state index in [1.165, 1.54) is 87.9 Å². The van der Waals surface area contributed by atoms with Crippen LogP contribution in [0, 0.1) is 11.8 Å². The van der Waals surface area contributed by atoms with Gasteiger partial charge in [0.15, 0.2) is 11.4 Å². The van der Waals surface area contributed by atoms with Crippen molar-refractivity contribution in [1.29, 1.82) is 0 Å². The Morgan fingerprint density at radius 1 is 0.601 bits per heavy atom. The molecule has 8 bridgehead atoms. The predicted molar refractivity (Wildman–Crippen MR) is 559 cm³/mol. The van der Waals surface area contributed by atoms with E-state index in [4.69, 9.17) is 98.4 Å². The number of hydrogen-bond donors (Lipinski definition) is 6. The number of thiol groups is 1. The van der Waals surface area contributed by atoms with Crippen molar-refractivity contribution in [2.75, 3.05) is 91.3 Å². The molecule has 0 spiro atoms. The molecule has 0 saturated carbocycles. The van der Waals surface area contributed by atoms with Crippen LogP contribution in [0.15, 0.2) is 71.9 Å². The topological polar surface area (TPSA) is 385 Å². The minimum Gasteiger partial charge on any atom is -0.668 e. The maximum Gasteiger partial charge on any atom is 2.00 e. The number of anilines is 2. The monoisotopic (exact) mass is 2190 g/mol. The van der Waals surface area contributed by atoms with Gasteiger partial charge in [0.1, 0.15) is 81.4 Å². The number of alkyl halides is 2.